The van der Waals surface area contributed by atoms with E-state index in [0.717, 1.165) is 11.3 Å². The molecule has 2 aliphatic rings. The van der Waals surface area contributed by atoms with Crippen molar-refractivity contribution >= 4 is 5.97 Å². The van der Waals surface area contributed by atoms with Crippen LogP contribution in [0, 0.1) is 5.92 Å². The van der Waals surface area contributed by atoms with Gasteiger partial charge < -0.3 is 33.5 Å². The fourth-order valence-electron chi connectivity index (χ4n) is 3.08. The monoisotopic (exact) mass is 382 g/mol. The van der Waals surface area contributed by atoms with Gasteiger partial charge in [-0.1, -0.05) is 26.0 Å². The number of methoxy groups -OCH3 is 2. The van der Waals surface area contributed by atoms with Crippen LogP contribution in [0.1, 0.15) is 25.7 Å². The third-order valence-electron chi connectivity index (χ3n) is 4.65. The molecule has 8 heteroatoms. The molecule has 8 nitrogen and oxygen atoms in total. The molecule has 2 heterocycles. The minimum atomic E-state index is -1.11. The van der Waals surface area contributed by atoms with E-state index in [1.165, 1.54) is 7.11 Å². The summed E-state index contributed by atoms with van der Waals surface area (Å²) in [6.45, 7) is 3.64. The maximum absolute atomic E-state index is 12.0. The van der Waals surface area contributed by atoms with Crippen molar-refractivity contribution in [3.8, 4) is 5.75 Å². The van der Waals surface area contributed by atoms with Gasteiger partial charge in [0.05, 0.1) is 19.6 Å². The number of carbonyl (C=O) groups excluding carboxylic acids is 1. The highest BCUT2D eigenvalue weighted by atomic mass is 16.8. The van der Waals surface area contributed by atoms with Gasteiger partial charge in [-0.25, -0.2) is 0 Å². The minimum Gasteiger partial charge on any atom is -0.497 e. The van der Waals surface area contributed by atoms with E-state index < -0.39 is 43.0 Å². The minimum absolute atomic E-state index is 0.211. The van der Waals surface area contributed by atoms with Gasteiger partial charge in [-0.2, -0.15) is 0 Å². The Hall–Kier alpha value is -1.71. The van der Waals surface area contributed by atoms with E-state index in [1.807, 2.05) is 12.1 Å². The Morgan fingerprint density at radius 2 is 1.89 bits per heavy atom. The van der Waals surface area contributed by atoms with Crippen molar-refractivity contribution in [2.45, 2.75) is 50.8 Å². The van der Waals surface area contributed by atoms with Crippen molar-refractivity contribution in [2.24, 2.45) is 5.92 Å². The molecule has 0 aromatic heterocycles. The molecule has 2 fully saturated rings. The number of benzene rings is 1. The second kappa shape index (κ2) is 8.53. The number of rotatable bonds is 5. The van der Waals surface area contributed by atoms with Crippen molar-refractivity contribution in [1.29, 1.82) is 0 Å². The van der Waals surface area contributed by atoms with Gasteiger partial charge in [0.25, 0.3) is 0 Å². The van der Waals surface area contributed by atoms with Gasteiger partial charge in [0.1, 0.15) is 24.1 Å². The van der Waals surface area contributed by atoms with Gasteiger partial charge in [0.2, 0.25) is 0 Å². The molecule has 27 heavy (non-hydrogen) atoms. The van der Waals surface area contributed by atoms with Gasteiger partial charge >= 0.3 is 5.97 Å². The average Bonchev–Trinajstić information content (AvgIpc) is 2.69. The number of carbonyl (C=O) groups is 1. The maximum Gasteiger partial charge on any atom is 0.308 e. The van der Waals surface area contributed by atoms with E-state index in [9.17, 15) is 9.90 Å². The molecule has 2 saturated heterocycles. The summed E-state index contributed by atoms with van der Waals surface area (Å²) in [5.74, 6) is -0.0610. The number of fused-ring (bicyclic) bond motifs is 1. The molecular formula is C19H26O8. The summed E-state index contributed by atoms with van der Waals surface area (Å²) in [6, 6.07) is 7.26. The highest BCUT2D eigenvalue weighted by Gasteiger charge is 2.51. The second-order valence-corrected chi connectivity index (χ2v) is 6.86. The van der Waals surface area contributed by atoms with Crippen LogP contribution in [0.5, 0.6) is 5.75 Å². The molecule has 0 bridgehead atoms. The summed E-state index contributed by atoms with van der Waals surface area (Å²) in [5, 5.41) is 10.8. The lowest BCUT2D eigenvalue weighted by atomic mass is 9.97. The molecule has 150 valence electrons. The lowest BCUT2D eigenvalue weighted by Crippen LogP contribution is -2.63. The Kier molecular flexibility index (Phi) is 6.33. The summed E-state index contributed by atoms with van der Waals surface area (Å²) in [4.78, 5) is 12.0. The van der Waals surface area contributed by atoms with Crippen LogP contribution in [0.4, 0.5) is 0 Å². The normalized spacial score (nSPS) is 33.4. The zero-order valence-electron chi connectivity index (χ0n) is 15.9. The summed E-state index contributed by atoms with van der Waals surface area (Å²) < 4.78 is 33.3. The van der Waals surface area contributed by atoms with Crippen LogP contribution in [-0.4, -0.2) is 62.6 Å². The van der Waals surface area contributed by atoms with Gasteiger partial charge in [-0.3, -0.25) is 4.79 Å². The highest BCUT2D eigenvalue weighted by molar-refractivity contribution is 5.71. The predicted octanol–water partition coefficient (Wildman–Crippen LogP) is 1.41. The molecule has 1 aromatic rings. The van der Waals surface area contributed by atoms with Crippen LogP contribution in [0.3, 0.4) is 0 Å². The van der Waals surface area contributed by atoms with Gasteiger partial charge in [-0.05, 0) is 12.1 Å². The summed E-state index contributed by atoms with van der Waals surface area (Å²) in [7, 11) is 3.02. The van der Waals surface area contributed by atoms with E-state index in [4.69, 9.17) is 28.4 Å². The molecule has 2 aliphatic heterocycles. The number of ether oxygens (including phenoxy) is 6. The Morgan fingerprint density at radius 1 is 1.19 bits per heavy atom. The predicted molar refractivity (Wildman–Crippen MR) is 93.0 cm³/mol. The molecule has 0 radical (unpaired) electrons. The largest absolute Gasteiger partial charge is 0.497 e. The highest BCUT2D eigenvalue weighted by Crippen LogP contribution is 2.35. The van der Waals surface area contributed by atoms with Crippen LogP contribution >= 0.6 is 0 Å². The first-order valence-electron chi connectivity index (χ1n) is 8.92. The van der Waals surface area contributed by atoms with Crippen LogP contribution in [0.25, 0.3) is 0 Å². The molecular weight excluding hydrogens is 356 g/mol. The van der Waals surface area contributed by atoms with Gasteiger partial charge in [-0.15, -0.1) is 0 Å². The number of hydrogen-bond acceptors (Lipinski definition) is 8. The summed E-state index contributed by atoms with van der Waals surface area (Å²) >= 11 is 0. The number of aliphatic hydroxyl groups is 1. The number of esters is 1. The first-order valence-corrected chi connectivity index (χ1v) is 8.92. The van der Waals surface area contributed by atoms with Crippen LogP contribution in [-0.2, 0) is 28.5 Å². The molecule has 0 saturated carbocycles. The zero-order chi connectivity index (χ0) is 19.6. The third kappa shape index (κ3) is 4.25. The Labute approximate surface area is 158 Å². The molecule has 0 spiro atoms. The van der Waals surface area contributed by atoms with Gasteiger partial charge in [0.15, 0.2) is 18.7 Å². The van der Waals surface area contributed by atoms with Crippen molar-refractivity contribution in [2.75, 3.05) is 20.8 Å². The lowest BCUT2D eigenvalue weighted by Gasteiger charge is -2.46. The van der Waals surface area contributed by atoms with Crippen LogP contribution in [0.15, 0.2) is 24.3 Å². The fourth-order valence-corrected chi connectivity index (χ4v) is 3.08. The summed E-state index contributed by atoms with van der Waals surface area (Å²) in [5.41, 5.74) is 0.783. The quantitative estimate of drug-likeness (QED) is 0.764. The zero-order valence-corrected chi connectivity index (χ0v) is 15.9. The van der Waals surface area contributed by atoms with Crippen LogP contribution in [0.2, 0.25) is 0 Å². The molecule has 0 unspecified atom stereocenters. The lowest BCUT2D eigenvalue weighted by molar-refractivity contribution is -0.359. The van der Waals surface area contributed by atoms with Crippen molar-refractivity contribution in [1.82, 2.24) is 0 Å². The molecule has 0 amide bonds. The molecule has 6 atom stereocenters. The van der Waals surface area contributed by atoms with E-state index in [0.29, 0.717) is 0 Å². The number of hydrogen-bond donors (Lipinski definition) is 1. The van der Waals surface area contributed by atoms with Crippen molar-refractivity contribution < 1.29 is 38.3 Å². The Balaban J connectivity index is 1.74. The first-order chi connectivity index (χ1) is 12.9. The van der Waals surface area contributed by atoms with E-state index in [1.54, 1.807) is 33.1 Å². The molecule has 1 aromatic carbocycles. The molecule has 3 rings (SSSR count). The van der Waals surface area contributed by atoms with Crippen molar-refractivity contribution in [3.05, 3.63) is 29.8 Å². The summed E-state index contributed by atoms with van der Waals surface area (Å²) in [6.07, 6.45) is -4.91. The standard InChI is InChI=1S/C19H26O8/c1-10(2)17(21)26-16-14(20)15-13(25-19(16)23-4)9-24-18(27-15)11-5-7-12(22-3)8-6-11/h5-8,10,13-16,18-20H,9H2,1-4H3/t13-,14+,15-,16-,18-,19+/m1/s1. The van der Waals surface area contributed by atoms with Crippen molar-refractivity contribution in [3.63, 3.8) is 0 Å². The Morgan fingerprint density at radius 3 is 2.48 bits per heavy atom. The first kappa shape index (κ1) is 20.0. The molecule has 0 aliphatic carbocycles. The van der Waals surface area contributed by atoms with E-state index in [2.05, 4.69) is 0 Å². The smallest absolute Gasteiger partial charge is 0.308 e. The van der Waals surface area contributed by atoms with E-state index >= 15 is 0 Å². The second-order valence-electron chi connectivity index (χ2n) is 6.86. The average molecular weight is 382 g/mol. The van der Waals surface area contributed by atoms with E-state index in [-0.39, 0.29) is 12.5 Å². The van der Waals surface area contributed by atoms with Gasteiger partial charge in [0, 0.05) is 12.7 Å². The maximum atomic E-state index is 12.0. The fraction of sp³-hybridized carbons (Fsp3) is 0.632. The third-order valence-corrected chi connectivity index (χ3v) is 4.65. The number of aliphatic hydroxyl groups excluding tert-OH is 1. The molecule has 1 N–H and O–H groups in total. The van der Waals surface area contributed by atoms with Crippen LogP contribution < -0.4 is 4.74 Å². The SMILES string of the molecule is COc1ccc([C@@H]2OC[C@H]3O[C@H](OC)[C@H](OC(=O)C(C)C)[C@@H](O)[C@@H]3O2)cc1. The topological polar surface area (TPSA) is 92.7 Å². The Bertz CT molecular complexity index is 631.